The largest absolute Gasteiger partial charge is 0.477 e. The summed E-state index contributed by atoms with van der Waals surface area (Å²) in [7, 11) is 0. The van der Waals surface area contributed by atoms with Gasteiger partial charge in [0.1, 0.15) is 12.2 Å². The Morgan fingerprint density at radius 1 is 0.585 bits per heavy atom. The van der Waals surface area contributed by atoms with E-state index in [1.807, 2.05) is 135 Å². The summed E-state index contributed by atoms with van der Waals surface area (Å²) in [4.78, 5) is 5.29. The third-order valence-corrected chi connectivity index (χ3v) is 6.97. The maximum atomic E-state index is 11.1. The monoisotopic (exact) mass is 547 g/mol. The summed E-state index contributed by atoms with van der Waals surface area (Å²) in [5.74, 6) is 6.48. The fourth-order valence-electron chi connectivity index (χ4n) is 4.90. The average molecular weight is 548 g/mol. The molecule has 41 heavy (non-hydrogen) atoms. The molecule has 1 unspecified atom stereocenters. The van der Waals surface area contributed by atoms with E-state index in [1.54, 1.807) is 6.07 Å². The minimum absolute atomic E-state index is 0.0153. The summed E-state index contributed by atoms with van der Waals surface area (Å²) in [6, 6.07) is 41.7. The topological polar surface area (TPSA) is 77.8 Å². The van der Waals surface area contributed by atoms with E-state index in [1.165, 1.54) is 6.20 Å². The first-order valence-corrected chi connectivity index (χ1v) is 13.7. The standard InChI is InChI=1S/C35H35N2O4/c1-25(2)33(41-36)30-23-31(39-34(26-15-7-3-8-16-26)27-17-9-4-10-18-27)32(24-37(30)38)40-35(28-19-11-5-12-20-28)29-21-13-6-14-22-29/h3-25,33-35,38H,36H2,1-2H3/q+1. The summed E-state index contributed by atoms with van der Waals surface area (Å²) < 4.78 is 14.5. The fourth-order valence-corrected chi connectivity index (χ4v) is 4.90. The van der Waals surface area contributed by atoms with Crippen molar-refractivity contribution in [3.8, 4) is 11.5 Å². The van der Waals surface area contributed by atoms with E-state index in [2.05, 4.69) is 0 Å². The summed E-state index contributed by atoms with van der Waals surface area (Å²) in [6.45, 7) is 3.94. The molecule has 6 nitrogen and oxygen atoms in total. The molecule has 0 saturated carbocycles. The highest BCUT2D eigenvalue weighted by atomic mass is 16.6. The van der Waals surface area contributed by atoms with E-state index >= 15 is 0 Å². The minimum Gasteiger partial charge on any atom is -0.477 e. The maximum absolute atomic E-state index is 11.1. The molecule has 4 aromatic carbocycles. The van der Waals surface area contributed by atoms with Crippen molar-refractivity contribution in [2.45, 2.75) is 32.2 Å². The third-order valence-electron chi connectivity index (χ3n) is 6.97. The summed E-state index contributed by atoms with van der Waals surface area (Å²) in [6.07, 6.45) is 0.0437. The van der Waals surface area contributed by atoms with E-state index in [0.717, 1.165) is 27.0 Å². The predicted molar refractivity (Wildman–Crippen MR) is 157 cm³/mol. The smallest absolute Gasteiger partial charge is 0.269 e. The van der Waals surface area contributed by atoms with Gasteiger partial charge in [0.25, 0.3) is 11.9 Å². The zero-order chi connectivity index (χ0) is 28.6. The second-order valence-corrected chi connectivity index (χ2v) is 10.2. The quantitative estimate of drug-likeness (QED) is 0.104. The van der Waals surface area contributed by atoms with E-state index in [-0.39, 0.29) is 5.92 Å². The first-order chi connectivity index (χ1) is 20.0. The van der Waals surface area contributed by atoms with Gasteiger partial charge in [-0.25, -0.2) is 5.90 Å². The Balaban J connectivity index is 1.64. The van der Waals surface area contributed by atoms with Gasteiger partial charge in [-0.3, -0.25) is 10.0 Å². The molecule has 5 rings (SSSR count). The zero-order valence-electron chi connectivity index (χ0n) is 23.2. The number of rotatable bonds is 11. The Morgan fingerprint density at radius 3 is 1.29 bits per heavy atom. The molecule has 0 bridgehead atoms. The Morgan fingerprint density at radius 2 is 0.951 bits per heavy atom. The third kappa shape index (κ3) is 6.57. The van der Waals surface area contributed by atoms with Crippen LogP contribution in [0.5, 0.6) is 11.5 Å². The van der Waals surface area contributed by atoms with Crippen LogP contribution in [-0.4, -0.2) is 5.21 Å². The van der Waals surface area contributed by atoms with E-state index in [9.17, 15) is 5.21 Å². The van der Waals surface area contributed by atoms with Gasteiger partial charge in [-0.05, 0) is 28.2 Å². The molecule has 0 aliphatic carbocycles. The van der Waals surface area contributed by atoms with Gasteiger partial charge in [0.2, 0.25) is 5.75 Å². The first-order valence-electron chi connectivity index (χ1n) is 13.7. The second-order valence-electron chi connectivity index (χ2n) is 10.2. The molecule has 0 amide bonds. The molecule has 0 saturated heterocycles. The Bertz CT molecular complexity index is 1440. The lowest BCUT2D eigenvalue weighted by Gasteiger charge is -2.25. The molecular formula is C35H35N2O4+. The molecule has 1 atom stereocenters. The van der Waals surface area contributed by atoms with Crippen molar-refractivity contribution in [3.63, 3.8) is 0 Å². The lowest BCUT2D eigenvalue weighted by Crippen LogP contribution is -2.39. The van der Waals surface area contributed by atoms with Crippen molar-refractivity contribution in [2.24, 2.45) is 11.8 Å². The normalized spacial score (nSPS) is 12.0. The number of nitrogens with zero attached hydrogens (tertiary/aromatic N) is 1. The van der Waals surface area contributed by atoms with Gasteiger partial charge in [0, 0.05) is 4.73 Å². The van der Waals surface area contributed by atoms with Crippen molar-refractivity contribution < 1.29 is 24.2 Å². The number of benzene rings is 4. The Kier molecular flexibility index (Phi) is 8.94. The molecule has 0 aliphatic rings. The Hall–Kier alpha value is -4.65. The SMILES string of the molecule is CC(C)C(ON)c1cc(OC(c2ccccc2)c2ccccc2)c(OC(c2ccccc2)c2ccccc2)c[n+]1O. The van der Waals surface area contributed by atoms with Gasteiger partial charge >= 0.3 is 0 Å². The molecule has 1 aromatic heterocycles. The molecular weight excluding hydrogens is 512 g/mol. The number of aromatic nitrogens is 1. The Labute approximate surface area is 241 Å². The molecule has 0 spiro atoms. The number of pyridine rings is 1. The summed E-state index contributed by atoms with van der Waals surface area (Å²) in [5, 5.41) is 11.1. The first kappa shape index (κ1) is 27.9. The van der Waals surface area contributed by atoms with Crippen LogP contribution >= 0.6 is 0 Å². The number of ether oxygens (including phenoxy) is 2. The van der Waals surface area contributed by atoms with E-state index < -0.39 is 18.3 Å². The van der Waals surface area contributed by atoms with Crippen LogP contribution in [0.4, 0.5) is 0 Å². The maximum Gasteiger partial charge on any atom is 0.269 e. The summed E-state index contributed by atoms with van der Waals surface area (Å²) >= 11 is 0. The highest BCUT2D eigenvalue weighted by Crippen LogP contribution is 2.39. The molecule has 3 N–H and O–H groups in total. The highest BCUT2D eigenvalue weighted by molar-refractivity contribution is 5.42. The van der Waals surface area contributed by atoms with E-state index in [4.69, 9.17) is 20.2 Å². The number of nitrogens with two attached hydrogens (primary N) is 1. The lowest BCUT2D eigenvalue weighted by atomic mass is 10.0. The zero-order valence-corrected chi connectivity index (χ0v) is 23.2. The van der Waals surface area contributed by atoms with Gasteiger partial charge in [0.15, 0.2) is 11.9 Å². The predicted octanol–water partition coefficient (Wildman–Crippen LogP) is 7.14. The highest BCUT2D eigenvalue weighted by Gasteiger charge is 2.32. The molecule has 208 valence electrons. The van der Waals surface area contributed by atoms with Crippen molar-refractivity contribution in [3.05, 3.63) is 162 Å². The minimum atomic E-state index is -0.581. The molecule has 6 heteroatoms. The van der Waals surface area contributed by atoms with Crippen molar-refractivity contribution >= 4 is 0 Å². The molecule has 0 aliphatic heterocycles. The van der Waals surface area contributed by atoms with Gasteiger partial charge in [-0.1, -0.05) is 135 Å². The fraction of sp³-hybridized carbons (Fsp3) is 0.171. The van der Waals surface area contributed by atoms with Gasteiger partial charge in [0.05, 0.1) is 6.07 Å². The van der Waals surface area contributed by atoms with Crippen molar-refractivity contribution in [1.82, 2.24) is 0 Å². The van der Waals surface area contributed by atoms with Crippen molar-refractivity contribution in [1.29, 1.82) is 0 Å². The molecule has 0 radical (unpaired) electrons. The van der Waals surface area contributed by atoms with Crippen LogP contribution in [-0.2, 0) is 4.84 Å². The van der Waals surface area contributed by atoms with E-state index in [0.29, 0.717) is 17.2 Å². The average Bonchev–Trinajstić information content (AvgIpc) is 3.02. The van der Waals surface area contributed by atoms with Crippen LogP contribution in [0, 0.1) is 5.92 Å². The van der Waals surface area contributed by atoms with Gasteiger partial charge in [-0.15, -0.1) is 0 Å². The number of hydrogen-bond acceptors (Lipinski definition) is 5. The van der Waals surface area contributed by atoms with Crippen LogP contribution < -0.4 is 20.1 Å². The van der Waals surface area contributed by atoms with Crippen LogP contribution in [0.2, 0.25) is 0 Å². The molecule has 1 heterocycles. The van der Waals surface area contributed by atoms with Crippen LogP contribution in [0.25, 0.3) is 0 Å². The lowest BCUT2D eigenvalue weighted by molar-refractivity contribution is -0.911. The summed E-state index contributed by atoms with van der Waals surface area (Å²) in [5.41, 5.74) is 4.33. The molecule has 5 aromatic rings. The van der Waals surface area contributed by atoms with Gasteiger partial charge < -0.3 is 9.47 Å². The van der Waals surface area contributed by atoms with Crippen LogP contribution in [0.3, 0.4) is 0 Å². The van der Waals surface area contributed by atoms with Crippen LogP contribution in [0.15, 0.2) is 134 Å². The van der Waals surface area contributed by atoms with Crippen molar-refractivity contribution in [2.75, 3.05) is 0 Å². The number of hydrogen-bond donors (Lipinski definition) is 2. The second kappa shape index (κ2) is 13.1. The van der Waals surface area contributed by atoms with Gasteiger partial charge in [-0.2, -0.15) is 0 Å². The molecule has 0 fully saturated rings. The van der Waals surface area contributed by atoms with Crippen LogP contribution in [0.1, 0.15) is 60.1 Å².